The molecule has 168 valence electrons. The van der Waals surface area contributed by atoms with E-state index in [1.54, 1.807) is 6.20 Å². The monoisotopic (exact) mass is 434 g/mol. The van der Waals surface area contributed by atoms with Crippen molar-refractivity contribution in [2.24, 2.45) is 17.2 Å². The highest BCUT2D eigenvalue weighted by atomic mass is 16.2. The molecular weight excluding hydrogens is 404 g/mol. The molecule has 3 aromatic rings. The van der Waals surface area contributed by atoms with Gasteiger partial charge < -0.3 is 27.8 Å². The summed E-state index contributed by atoms with van der Waals surface area (Å²) in [6.45, 7) is 0.230. The molecule has 0 saturated carbocycles. The number of carbonyl (C=O) groups is 2. The molecular formula is C24H30N6O2. The van der Waals surface area contributed by atoms with Gasteiger partial charge in [0, 0.05) is 18.0 Å². The Balaban J connectivity index is 1.71. The Morgan fingerprint density at radius 2 is 1.69 bits per heavy atom. The van der Waals surface area contributed by atoms with E-state index in [1.165, 1.54) is 0 Å². The number of nitrogens with zero attached hydrogens (tertiary/aromatic N) is 1. The summed E-state index contributed by atoms with van der Waals surface area (Å²) in [6.07, 6.45) is 2.87. The van der Waals surface area contributed by atoms with Crippen molar-refractivity contribution in [3.05, 3.63) is 72.4 Å². The molecule has 1 aromatic heterocycles. The zero-order valence-electron chi connectivity index (χ0n) is 17.9. The van der Waals surface area contributed by atoms with Crippen molar-refractivity contribution in [2.75, 3.05) is 11.9 Å². The summed E-state index contributed by atoms with van der Waals surface area (Å²) < 4.78 is 0. The van der Waals surface area contributed by atoms with Gasteiger partial charge in [-0.05, 0) is 37.0 Å². The highest BCUT2D eigenvalue weighted by molar-refractivity contribution is 5.98. The van der Waals surface area contributed by atoms with E-state index in [9.17, 15) is 9.59 Å². The molecule has 0 saturated heterocycles. The lowest BCUT2D eigenvalue weighted by molar-refractivity contribution is -0.127. The van der Waals surface area contributed by atoms with E-state index in [-0.39, 0.29) is 24.9 Å². The van der Waals surface area contributed by atoms with Crippen LogP contribution in [0, 0.1) is 0 Å². The van der Waals surface area contributed by atoms with Crippen LogP contribution in [0.25, 0.3) is 10.9 Å². The number of aromatic nitrogens is 1. The molecule has 32 heavy (non-hydrogen) atoms. The van der Waals surface area contributed by atoms with Gasteiger partial charge in [0.1, 0.15) is 6.04 Å². The molecule has 2 aromatic carbocycles. The van der Waals surface area contributed by atoms with Crippen LogP contribution in [0.1, 0.15) is 18.4 Å². The lowest BCUT2D eigenvalue weighted by Gasteiger charge is -2.22. The predicted octanol–water partition coefficient (Wildman–Crippen LogP) is 1.29. The summed E-state index contributed by atoms with van der Waals surface area (Å²) in [5.41, 5.74) is 19.8. The fourth-order valence-corrected chi connectivity index (χ4v) is 3.40. The molecule has 1 unspecified atom stereocenters. The van der Waals surface area contributed by atoms with E-state index in [0.717, 1.165) is 16.5 Å². The van der Waals surface area contributed by atoms with Crippen molar-refractivity contribution < 1.29 is 9.59 Å². The van der Waals surface area contributed by atoms with Gasteiger partial charge in [-0.15, -0.1) is 0 Å². The van der Waals surface area contributed by atoms with Crippen molar-refractivity contribution in [3.63, 3.8) is 0 Å². The van der Waals surface area contributed by atoms with Crippen LogP contribution in [-0.2, 0) is 16.0 Å². The second kappa shape index (κ2) is 11.3. The number of nitrogens with one attached hydrogen (secondary N) is 2. The number of para-hydroxylation sites is 1. The third kappa shape index (κ3) is 6.58. The molecule has 8 N–H and O–H groups in total. The Morgan fingerprint density at radius 1 is 0.969 bits per heavy atom. The molecule has 0 spiro atoms. The molecule has 0 bridgehead atoms. The molecule has 0 aliphatic carbocycles. The third-order valence-corrected chi connectivity index (χ3v) is 5.25. The maximum Gasteiger partial charge on any atom is 0.247 e. The van der Waals surface area contributed by atoms with Crippen LogP contribution >= 0.6 is 0 Å². The van der Waals surface area contributed by atoms with Gasteiger partial charge in [0.05, 0.1) is 23.4 Å². The maximum absolute atomic E-state index is 13.1. The minimum Gasteiger partial charge on any atom is -0.343 e. The third-order valence-electron chi connectivity index (χ3n) is 5.25. The van der Waals surface area contributed by atoms with Gasteiger partial charge in [0.2, 0.25) is 11.8 Å². The highest BCUT2D eigenvalue weighted by Crippen LogP contribution is 2.17. The van der Waals surface area contributed by atoms with Gasteiger partial charge in [0.15, 0.2) is 0 Å². The highest BCUT2D eigenvalue weighted by Gasteiger charge is 2.25. The van der Waals surface area contributed by atoms with Gasteiger partial charge in [0.25, 0.3) is 0 Å². The number of hydrogen-bond donors (Lipinski definition) is 5. The zero-order chi connectivity index (χ0) is 22.9. The lowest BCUT2D eigenvalue weighted by atomic mass is 10.0. The first-order valence-electron chi connectivity index (χ1n) is 10.7. The fourth-order valence-electron chi connectivity index (χ4n) is 3.40. The number of benzene rings is 2. The van der Waals surface area contributed by atoms with Crippen LogP contribution in [-0.4, -0.2) is 41.5 Å². The quantitative estimate of drug-likeness (QED) is 0.325. The first-order valence-corrected chi connectivity index (χ1v) is 10.7. The van der Waals surface area contributed by atoms with Crippen LogP contribution in [0.2, 0.25) is 0 Å². The fraction of sp³-hybridized carbons (Fsp3) is 0.292. The minimum absolute atomic E-state index is 0.230. The summed E-state index contributed by atoms with van der Waals surface area (Å²) in [5, 5.41) is 6.56. The largest absolute Gasteiger partial charge is 0.343 e. The van der Waals surface area contributed by atoms with Gasteiger partial charge in [-0.25, -0.2) is 0 Å². The first-order chi connectivity index (χ1) is 15.5. The summed E-state index contributed by atoms with van der Waals surface area (Å²) in [7, 11) is 0. The number of amides is 2. The van der Waals surface area contributed by atoms with Crippen LogP contribution in [0.15, 0.2) is 66.9 Å². The molecule has 8 heteroatoms. The second-order valence-electron chi connectivity index (χ2n) is 7.83. The average molecular weight is 435 g/mol. The van der Waals surface area contributed by atoms with Crippen LogP contribution in [0.3, 0.4) is 0 Å². The van der Waals surface area contributed by atoms with Gasteiger partial charge >= 0.3 is 0 Å². The summed E-state index contributed by atoms with van der Waals surface area (Å²) in [5.74, 6) is -0.763. The number of fused-ring (bicyclic) bond motifs is 1. The molecule has 2 amide bonds. The molecule has 0 aliphatic heterocycles. The van der Waals surface area contributed by atoms with Crippen LogP contribution < -0.4 is 27.8 Å². The number of nitrogens with two attached hydrogens (primary N) is 3. The first kappa shape index (κ1) is 23.3. The normalized spacial score (nSPS) is 13.8. The van der Waals surface area contributed by atoms with E-state index in [1.807, 2.05) is 60.7 Å². The molecule has 1 heterocycles. The SMILES string of the molecule is NCC(N)C[C@H](N)C(=O)N[C@H](CCc1ccccc1)C(=O)Nc1cnc2ccccc2c1. The minimum atomic E-state index is -0.845. The number of anilines is 1. The van der Waals surface area contributed by atoms with Crippen molar-refractivity contribution >= 4 is 28.4 Å². The molecule has 0 fully saturated rings. The number of rotatable bonds is 10. The number of pyridine rings is 1. The number of aryl methyl sites for hydroxylation is 1. The molecule has 0 radical (unpaired) electrons. The standard InChI is InChI=1S/C24H30N6O2/c25-14-18(26)13-20(27)23(31)30-22(11-10-16-6-2-1-3-7-16)24(32)29-19-12-17-8-4-5-9-21(17)28-15-19/h1-9,12,15,18,20,22H,10-11,13-14,25-27H2,(H,29,32)(H,30,31)/t18?,20-,22+/m0/s1. The Bertz CT molecular complexity index is 1040. The Labute approximate surface area is 187 Å². The zero-order valence-corrected chi connectivity index (χ0v) is 17.9. The van der Waals surface area contributed by atoms with Gasteiger partial charge in [-0.1, -0.05) is 48.5 Å². The Hall–Kier alpha value is -3.33. The van der Waals surface area contributed by atoms with E-state index >= 15 is 0 Å². The number of hydrogen-bond acceptors (Lipinski definition) is 6. The van der Waals surface area contributed by atoms with Crippen molar-refractivity contribution in [3.8, 4) is 0 Å². The average Bonchev–Trinajstić information content (AvgIpc) is 2.81. The molecule has 3 rings (SSSR count). The lowest BCUT2D eigenvalue weighted by Crippen LogP contribution is -2.52. The molecule has 0 aliphatic rings. The van der Waals surface area contributed by atoms with Crippen molar-refractivity contribution in [1.29, 1.82) is 0 Å². The van der Waals surface area contributed by atoms with Crippen LogP contribution in [0.5, 0.6) is 0 Å². The van der Waals surface area contributed by atoms with E-state index in [4.69, 9.17) is 17.2 Å². The Kier molecular flexibility index (Phi) is 8.27. The summed E-state index contributed by atoms with van der Waals surface area (Å²) >= 11 is 0. The summed E-state index contributed by atoms with van der Waals surface area (Å²) in [4.78, 5) is 30.1. The van der Waals surface area contributed by atoms with E-state index < -0.39 is 18.0 Å². The van der Waals surface area contributed by atoms with Crippen molar-refractivity contribution in [1.82, 2.24) is 10.3 Å². The topological polar surface area (TPSA) is 149 Å². The molecule has 3 atom stereocenters. The van der Waals surface area contributed by atoms with Gasteiger partial charge in [-0.3, -0.25) is 14.6 Å². The van der Waals surface area contributed by atoms with Crippen LogP contribution in [0.4, 0.5) is 5.69 Å². The second-order valence-corrected chi connectivity index (χ2v) is 7.83. The smallest absolute Gasteiger partial charge is 0.247 e. The molecule has 8 nitrogen and oxygen atoms in total. The van der Waals surface area contributed by atoms with Crippen molar-refractivity contribution in [2.45, 2.75) is 37.4 Å². The maximum atomic E-state index is 13.1. The Morgan fingerprint density at radius 3 is 2.44 bits per heavy atom. The van der Waals surface area contributed by atoms with Gasteiger partial charge in [-0.2, -0.15) is 0 Å². The van der Waals surface area contributed by atoms with E-state index in [0.29, 0.717) is 18.5 Å². The predicted molar refractivity (Wildman–Crippen MR) is 127 cm³/mol. The van der Waals surface area contributed by atoms with E-state index in [2.05, 4.69) is 15.6 Å². The summed E-state index contributed by atoms with van der Waals surface area (Å²) in [6, 6.07) is 17.3. The number of carbonyl (C=O) groups excluding carboxylic acids is 2.